The molecule has 0 radical (unpaired) electrons. The van der Waals surface area contributed by atoms with Gasteiger partial charge in [0, 0.05) is 11.4 Å². The summed E-state index contributed by atoms with van der Waals surface area (Å²) in [6.07, 6.45) is 3.27. The minimum absolute atomic E-state index is 0.0214. The van der Waals surface area contributed by atoms with Gasteiger partial charge in [-0.3, -0.25) is 9.69 Å². The molecule has 0 spiro atoms. The maximum atomic E-state index is 12.8. The van der Waals surface area contributed by atoms with Gasteiger partial charge in [0.05, 0.1) is 18.4 Å². The summed E-state index contributed by atoms with van der Waals surface area (Å²) in [5, 5.41) is 3.21. The number of likely N-dealkylation sites (tertiary alicyclic amines) is 1. The molecular formula is C22H26N2O2S. The number of carbonyl (C=O) groups excluding carboxylic acids is 1. The smallest absolute Gasteiger partial charge is 0.233 e. The lowest BCUT2D eigenvalue weighted by molar-refractivity contribution is -0.120. The first-order valence-corrected chi connectivity index (χ1v) is 10.5. The van der Waals surface area contributed by atoms with E-state index in [1.165, 1.54) is 28.9 Å². The quantitative estimate of drug-likeness (QED) is 0.828. The molecule has 2 heterocycles. The van der Waals surface area contributed by atoms with Gasteiger partial charge in [0.2, 0.25) is 5.91 Å². The Hall–Kier alpha value is -1.98. The van der Waals surface area contributed by atoms with Crippen LogP contribution in [-0.4, -0.2) is 42.8 Å². The van der Waals surface area contributed by atoms with Crippen molar-refractivity contribution in [2.75, 3.05) is 26.7 Å². The van der Waals surface area contributed by atoms with Crippen molar-refractivity contribution >= 4 is 17.7 Å². The van der Waals surface area contributed by atoms with E-state index in [1.54, 1.807) is 18.9 Å². The van der Waals surface area contributed by atoms with E-state index in [-0.39, 0.29) is 17.2 Å². The predicted molar refractivity (Wildman–Crippen MR) is 109 cm³/mol. The number of fused-ring (bicyclic) bond motifs is 1. The summed E-state index contributed by atoms with van der Waals surface area (Å²) in [4.78, 5) is 16.5. The second kappa shape index (κ2) is 8.36. The summed E-state index contributed by atoms with van der Waals surface area (Å²) < 4.78 is 5.40. The third-order valence-electron chi connectivity index (χ3n) is 5.47. The first kappa shape index (κ1) is 18.4. The summed E-state index contributed by atoms with van der Waals surface area (Å²) >= 11 is 1.68. The van der Waals surface area contributed by atoms with Crippen LogP contribution in [0.1, 0.15) is 30.0 Å². The van der Waals surface area contributed by atoms with Gasteiger partial charge in [-0.25, -0.2) is 0 Å². The van der Waals surface area contributed by atoms with Gasteiger partial charge >= 0.3 is 0 Å². The molecule has 1 N–H and O–H groups in total. The third-order valence-corrected chi connectivity index (χ3v) is 6.79. The van der Waals surface area contributed by atoms with Crippen molar-refractivity contribution in [2.45, 2.75) is 35.4 Å². The number of hydrogen-bond donors (Lipinski definition) is 1. The van der Waals surface area contributed by atoms with Crippen LogP contribution < -0.4 is 10.1 Å². The Morgan fingerprint density at radius 1 is 1.22 bits per heavy atom. The van der Waals surface area contributed by atoms with Crippen LogP contribution in [0.5, 0.6) is 5.75 Å². The molecule has 2 aliphatic rings. The number of amides is 1. The molecule has 27 heavy (non-hydrogen) atoms. The second-order valence-corrected chi connectivity index (χ2v) is 8.44. The fraction of sp³-hybridized carbons (Fsp3) is 0.409. The molecule has 0 unspecified atom stereocenters. The number of thioether (sulfide) groups is 1. The van der Waals surface area contributed by atoms with E-state index in [0.29, 0.717) is 6.54 Å². The molecule has 0 saturated carbocycles. The van der Waals surface area contributed by atoms with Crippen molar-refractivity contribution in [1.82, 2.24) is 10.2 Å². The number of nitrogens with one attached hydrogen (secondary N) is 1. The summed E-state index contributed by atoms with van der Waals surface area (Å²) in [5.41, 5.74) is 2.49. The summed E-state index contributed by atoms with van der Waals surface area (Å²) in [6, 6.07) is 16.7. The Bertz CT molecular complexity index is 779. The van der Waals surface area contributed by atoms with Gasteiger partial charge in [-0.2, -0.15) is 0 Å². The average Bonchev–Trinajstić information content (AvgIpc) is 3.38. The molecule has 5 heteroatoms. The van der Waals surface area contributed by atoms with Gasteiger partial charge in [-0.1, -0.05) is 30.3 Å². The van der Waals surface area contributed by atoms with Crippen LogP contribution in [0.15, 0.2) is 53.4 Å². The SMILES string of the molecule is COc1cccc([C@H](CNC(=O)[C@@H]2Cc3ccccc3S2)N2CCCC2)c1. The van der Waals surface area contributed by atoms with Crippen LogP contribution in [0.4, 0.5) is 0 Å². The van der Waals surface area contributed by atoms with Crippen LogP contribution in [0.2, 0.25) is 0 Å². The first-order chi connectivity index (χ1) is 13.2. The Labute approximate surface area is 165 Å². The molecule has 0 aromatic heterocycles. The van der Waals surface area contributed by atoms with E-state index in [4.69, 9.17) is 4.74 Å². The maximum absolute atomic E-state index is 12.8. The molecule has 142 valence electrons. The number of rotatable bonds is 6. The Morgan fingerprint density at radius 2 is 2.04 bits per heavy atom. The van der Waals surface area contributed by atoms with Crippen LogP contribution in [0.25, 0.3) is 0 Å². The minimum atomic E-state index is -0.0214. The summed E-state index contributed by atoms with van der Waals surface area (Å²) in [6.45, 7) is 2.81. The highest BCUT2D eigenvalue weighted by molar-refractivity contribution is 8.01. The highest BCUT2D eigenvalue weighted by Gasteiger charge is 2.30. The number of hydrogen-bond acceptors (Lipinski definition) is 4. The highest BCUT2D eigenvalue weighted by atomic mass is 32.2. The standard InChI is InChI=1S/C22H26N2O2S/c1-26-18-9-6-8-16(13-18)19(24-11-4-5-12-24)15-23-22(25)21-14-17-7-2-3-10-20(17)27-21/h2-3,6-10,13,19,21H,4-5,11-12,14-15H2,1H3,(H,23,25)/t19-,21-/m0/s1. The lowest BCUT2D eigenvalue weighted by Gasteiger charge is -2.29. The van der Waals surface area contributed by atoms with E-state index in [0.717, 1.165) is 25.3 Å². The monoisotopic (exact) mass is 382 g/mol. The van der Waals surface area contributed by atoms with Gasteiger partial charge < -0.3 is 10.1 Å². The fourth-order valence-corrected chi connectivity index (χ4v) is 5.22. The largest absolute Gasteiger partial charge is 0.497 e. The summed E-state index contributed by atoms with van der Waals surface area (Å²) in [5.74, 6) is 1.01. The maximum Gasteiger partial charge on any atom is 0.233 e. The Morgan fingerprint density at radius 3 is 2.81 bits per heavy atom. The number of methoxy groups -OCH3 is 1. The van der Waals surface area contributed by atoms with Crippen LogP contribution >= 0.6 is 11.8 Å². The van der Waals surface area contributed by atoms with Crippen molar-refractivity contribution in [1.29, 1.82) is 0 Å². The van der Waals surface area contributed by atoms with Gasteiger partial charge in [0.15, 0.2) is 0 Å². The molecular weight excluding hydrogens is 356 g/mol. The van der Waals surface area contributed by atoms with Gasteiger partial charge in [0.25, 0.3) is 0 Å². The van der Waals surface area contributed by atoms with E-state index < -0.39 is 0 Å². The third kappa shape index (κ3) is 4.14. The Kier molecular flexibility index (Phi) is 5.69. The van der Waals surface area contributed by atoms with Crippen molar-refractivity contribution in [2.24, 2.45) is 0 Å². The van der Waals surface area contributed by atoms with Crippen LogP contribution in [0.3, 0.4) is 0 Å². The minimum Gasteiger partial charge on any atom is -0.497 e. The molecule has 1 fully saturated rings. The normalized spacial score (nSPS) is 20.3. The predicted octanol–water partition coefficient (Wildman–Crippen LogP) is 3.67. The van der Waals surface area contributed by atoms with Gasteiger partial charge in [-0.05, 0) is 61.7 Å². The number of nitrogens with zero attached hydrogens (tertiary/aromatic N) is 1. The first-order valence-electron chi connectivity index (χ1n) is 9.65. The molecule has 4 rings (SSSR count). The lowest BCUT2D eigenvalue weighted by Crippen LogP contribution is -2.40. The van der Waals surface area contributed by atoms with Crippen molar-refractivity contribution in [3.8, 4) is 5.75 Å². The Balaban J connectivity index is 1.43. The van der Waals surface area contributed by atoms with Crippen molar-refractivity contribution < 1.29 is 9.53 Å². The average molecular weight is 383 g/mol. The molecule has 2 aromatic carbocycles. The molecule has 2 aliphatic heterocycles. The van der Waals surface area contributed by atoms with E-state index in [1.807, 2.05) is 24.3 Å². The molecule has 1 amide bonds. The molecule has 1 saturated heterocycles. The van der Waals surface area contributed by atoms with Gasteiger partial charge in [0.1, 0.15) is 5.75 Å². The van der Waals surface area contributed by atoms with E-state index in [2.05, 4.69) is 34.5 Å². The number of carbonyl (C=O) groups is 1. The zero-order chi connectivity index (χ0) is 18.6. The van der Waals surface area contributed by atoms with Crippen LogP contribution in [0, 0.1) is 0 Å². The molecule has 2 atom stereocenters. The zero-order valence-electron chi connectivity index (χ0n) is 15.7. The van der Waals surface area contributed by atoms with Crippen LogP contribution in [-0.2, 0) is 11.2 Å². The highest BCUT2D eigenvalue weighted by Crippen LogP contribution is 2.37. The molecule has 2 aromatic rings. The van der Waals surface area contributed by atoms with E-state index in [9.17, 15) is 4.79 Å². The van der Waals surface area contributed by atoms with Crippen molar-refractivity contribution in [3.63, 3.8) is 0 Å². The zero-order valence-corrected chi connectivity index (χ0v) is 16.5. The molecule has 0 aliphatic carbocycles. The molecule has 0 bridgehead atoms. The fourth-order valence-electron chi connectivity index (χ4n) is 4.00. The lowest BCUT2D eigenvalue weighted by atomic mass is 10.0. The van der Waals surface area contributed by atoms with Crippen molar-refractivity contribution in [3.05, 3.63) is 59.7 Å². The number of benzene rings is 2. The van der Waals surface area contributed by atoms with Gasteiger partial charge in [-0.15, -0.1) is 11.8 Å². The summed E-state index contributed by atoms with van der Waals surface area (Å²) in [7, 11) is 1.70. The van der Waals surface area contributed by atoms with E-state index >= 15 is 0 Å². The molecule has 4 nitrogen and oxygen atoms in total. The number of ether oxygens (including phenoxy) is 1. The topological polar surface area (TPSA) is 41.6 Å². The second-order valence-electron chi connectivity index (χ2n) is 7.20.